The summed E-state index contributed by atoms with van der Waals surface area (Å²) >= 11 is 0. The van der Waals surface area contributed by atoms with Crippen LogP contribution in [0.4, 0.5) is 0 Å². The van der Waals surface area contributed by atoms with Crippen molar-refractivity contribution in [3.63, 3.8) is 0 Å². The fraction of sp³-hybridized carbons (Fsp3) is 0.167. The Morgan fingerprint density at radius 2 is 2.04 bits per heavy atom. The molecule has 0 bridgehead atoms. The third kappa shape index (κ3) is 2.86. The number of ether oxygens (including phenoxy) is 1. The predicted molar refractivity (Wildman–Crippen MR) is 90.4 cm³/mol. The lowest BCUT2D eigenvalue weighted by Gasteiger charge is -2.10. The zero-order valence-corrected chi connectivity index (χ0v) is 13.4. The average Bonchev–Trinajstić information content (AvgIpc) is 2.61. The number of amides is 1. The van der Waals surface area contributed by atoms with Gasteiger partial charge in [-0.2, -0.15) is 0 Å². The summed E-state index contributed by atoms with van der Waals surface area (Å²) in [5, 5.41) is 2.74. The van der Waals surface area contributed by atoms with E-state index in [9.17, 15) is 9.59 Å². The molecule has 0 spiro atoms. The Balaban J connectivity index is 1.87. The van der Waals surface area contributed by atoms with Crippen molar-refractivity contribution in [1.82, 2.24) is 14.7 Å². The molecule has 24 heavy (non-hydrogen) atoms. The van der Waals surface area contributed by atoms with Gasteiger partial charge in [0.25, 0.3) is 11.5 Å². The van der Waals surface area contributed by atoms with Crippen molar-refractivity contribution >= 4 is 11.6 Å². The van der Waals surface area contributed by atoms with E-state index in [1.807, 2.05) is 37.3 Å². The van der Waals surface area contributed by atoms with Crippen molar-refractivity contribution in [2.24, 2.45) is 0 Å². The lowest BCUT2D eigenvalue weighted by atomic mass is 10.2. The Bertz CT molecular complexity index is 963. The SMILES string of the molecule is COc1ccccc1CNC(=O)c1cnc2c(C)cccn2c1=O. The summed E-state index contributed by atoms with van der Waals surface area (Å²) in [6.07, 6.45) is 2.93. The Labute approximate surface area is 138 Å². The summed E-state index contributed by atoms with van der Waals surface area (Å²) in [5.74, 6) is 0.219. The number of methoxy groups -OCH3 is 1. The van der Waals surface area contributed by atoms with Gasteiger partial charge in [-0.25, -0.2) is 4.98 Å². The number of nitrogens with zero attached hydrogens (tertiary/aromatic N) is 2. The van der Waals surface area contributed by atoms with Crippen molar-refractivity contribution in [3.05, 3.63) is 75.8 Å². The number of hydrogen-bond acceptors (Lipinski definition) is 4. The van der Waals surface area contributed by atoms with Crippen LogP contribution in [0.2, 0.25) is 0 Å². The Kier molecular flexibility index (Phi) is 4.29. The van der Waals surface area contributed by atoms with Gasteiger partial charge in [0.15, 0.2) is 0 Å². The van der Waals surface area contributed by atoms with Crippen molar-refractivity contribution in [1.29, 1.82) is 0 Å². The lowest BCUT2D eigenvalue weighted by molar-refractivity contribution is 0.0948. The largest absolute Gasteiger partial charge is 0.496 e. The third-order valence-electron chi connectivity index (χ3n) is 3.80. The first kappa shape index (κ1) is 15.7. The molecule has 0 saturated heterocycles. The average molecular weight is 323 g/mol. The van der Waals surface area contributed by atoms with Crippen LogP contribution in [0.5, 0.6) is 5.75 Å². The topological polar surface area (TPSA) is 72.7 Å². The Morgan fingerprint density at radius 1 is 1.25 bits per heavy atom. The first-order valence-corrected chi connectivity index (χ1v) is 7.49. The molecular weight excluding hydrogens is 306 g/mol. The van der Waals surface area contributed by atoms with E-state index in [1.165, 1.54) is 10.6 Å². The number of pyridine rings is 1. The van der Waals surface area contributed by atoms with E-state index in [0.29, 0.717) is 11.4 Å². The Morgan fingerprint density at radius 3 is 2.83 bits per heavy atom. The number of carbonyl (C=O) groups is 1. The standard InChI is InChI=1S/C18H17N3O3/c1-12-6-5-9-21-16(12)19-11-14(18(21)23)17(22)20-10-13-7-3-4-8-15(13)24-2/h3-9,11H,10H2,1-2H3,(H,20,22). The van der Waals surface area contributed by atoms with E-state index in [1.54, 1.807) is 19.4 Å². The molecular formula is C18H17N3O3. The lowest BCUT2D eigenvalue weighted by Crippen LogP contribution is -2.31. The van der Waals surface area contributed by atoms with E-state index in [4.69, 9.17) is 4.74 Å². The van der Waals surface area contributed by atoms with Gasteiger partial charge in [-0.1, -0.05) is 24.3 Å². The number of fused-ring (bicyclic) bond motifs is 1. The zero-order chi connectivity index (χ0) is 17.1. The molecule has 2 aromatic heterocycles. The molecule has 0 saturated carbocycles. The second kappa shape index (κ2) is 6.54. The summed E-state index contributed by atoms with van der Waals surface area (Å²) in [6.45, 7) is 2.13. The molecule has 2 heterocycles. The number of aryl methyl sites for hydroxylation is 1. The minimum absolute atomic E-state index is 0.00741. The van der Waals surface area contributed by atoms with Crippen LogP contribution in [0.15, 0.2) is 53.6 Å². The van der Waals surface area contributed by atoms with Gasteiger partial charge < -0.3 is 10.1 Å². The number of rotatable bonds is 4. The van der Waals surface area contributed by atoms with Gasteiger partial charge in [0.2, 0.25) is 0 Å². The van der Waals surface area contributed by atoms with Crippen LogP contribution >= 0.6 is 0 Å². The van der Waals surface area contributed by atoms with Crippen LogP contribution in [0.1, 0.15) is 21.5 Å². The summed E-state index contributed by atoms with van der Waals surface area (Å²) < 4.78 is 6.63. The van der Waals surface area contributed by atoms with Crippen molar-refractivity contribution in [2.45, 2.75) is 13.5 Å². The highest BCUT2D eigenvalue weighted by Crippen LogP contribution is 2.16. The minimum Gasteiger partial charge on any atom is -0.496 e. The van der Waals surface area contributed by atoms with Gasteiger partial charge in [-0.15, -0.1) is 0 Å². The van der Waals surface area contributed by atoms with Gasteiger partial charge in [0, 0.05) is 24.5 Å². The van der Waals surface area contributed by atoms with Crippen LogP contribution in [-0.4, -0.2) is 22.4 Å². The highest BCUT2D eigenvalue weighted by atomic mass is 16.5. The maximum Gasteiger partial charge on any atom is 0.270 e. The third-order valence-corrected chi connectivity index (χ3v) is 3.80. The molecule has 0 radical (unpaired) electrons. The molecule has 1 aromatic carbocycles. The Hall–Kier alpha value is -3.15. The van der Waals surface area contributed by atoms with Crippen LogP contribution in [0.25, 0.3) is 5.65 Å². The molecule has 1 N–H and O–H groups in total. The molecule has 0 unspecified atom stereocenters. The zero-order valence-electron chi connectivity index (χ0n) is 13.4. The molecule has 122 valence electrons. The molecule has 3 rings (SSSR count). The number of para-hydroxylation sites is 1. The fourth-order valence-corrected chi connectivity index (χ4v) is 2.52. The molecule has 0 atom stereocenters. The van der Waals surface area contributed by atoms with Crippen molar-refractivity contribution in [3.8, 4) is 5.75 Å². The summed E-state index contributed by atoms with van der Waals surface area (Å²) in [4.78, 5) is 29.1. The monoisotopic (exact) mass is 323 g/mol. The van der Waals surface area contributed by atoms with Crippen LogP contribution in [0.3, 0.4) is 0 Å². The normalized spacial score (nSPS) is 10.6. The number of nitrogens with one attached hydrogen (secondary N) is 1. The fourth-order valence-electron chi connectivity index (χ4n) is 2.52. The molecule has 1 amide bonds. The predicted octanol–water partition coefficient (Wildman–Crippen LogP) is 1.94. The molecule has 0 aliphatic heterocycles. The van der Waals surface area contributed by atoms with Gasteiger partial charge in [-0.05, 0) is 24.6 Å². The number of benzene rings is 1. The second-order valence-electron chi connectivity index (χ2n) is 5.36. The molecule has 3 aromatic rings. The van der Waals surface area contributed by atoms with E-state index in [-0.39, 0.29) is 17.7 Å². The van der Waals surface area contributed by atoms with Gasteiger partial charge in [0.1, 0.15) is 17.0 Å². The first-order chi connectivity index (χ1) is 11.6. The second-order valence-corrected chi connectivity index (χ2v) is 5.36. The summed E-state index contributed by atoms with van der Waals surface area (Å²) in [6, 6.07) is 11.0. The van der Waals surface area contributed by atoms with Gasteiger partial charge in [-0.3, -0.25) is 14.0 Å². The van der Waals surface area contributed by atoms with Crippen LogP contribution < -0.4 is 15.6 Å². The number of hydrogen-bond donors (Lipinski definition) is 1. The molecule has 0 aliphatic carbocycles. The highest BCUT2D eigenvalue weighted by Gasteiger charge is 2.14. The molecule has 6 heteroatoms. The maximum absolute atomic E-state index is 12.5. The molecule has 6 nitrogen and oxygen atoms in total. The van der Waals surface area contributed by atoms with Gasteiger partial charge >= 0.3 is 0 Å². The van der Waals surface area contributed by atoms with E-state index in [2.05, 4.69) is 10.3 Å². The minimum atomic E-state index is -0.464. The highest BCUT2D eigenvalue weighted by molar-refractivity contribution is 5.93. The smallest absolute Gasteiger partial charge is 0.270 e. The molecule has 0 fully saturated rings. The first-order valence-electron chi connectivity index (χ1n) is 7.49. The number of aromatic nitrogens is 2. The van der Waals surface area contributed by atoms with E-state index >= 15 is 0 Å². The summed E-state index contributed by atoms with van der Waals surface area (Å²) in [7, 11) is 1.57. The van der Waals surface area contributed by atoms with Crippen molar-refractivity contribution in [2.75, 3.05) is 7.11 Å². The van der Waals surface area contributed by atoms with E-state index < -0.39 is 5.91 Å². The van der Waals surface area contributed by atoms with Gasteiger partial charge in [0.05, 0.1) is 7.11 Å². The molecule has 0 aliphatic rings. The van der Waals surface area contributed by atoms with Crippen molar-refractivity contribution < 1.29 is 9.53 Å². The number of carbonyl (C=O) groups excluding carboxylic acids is 1. The maximum atomic E-state index is 12.5. The summed E-state index contributed by atoms with van der Waals surface area (Å²) in [5.41, 5.74) is 1.87. The van der Waals surface area contributed by atoms with E-state index in [0.717, 1.165) is 11.1 Å². The van der Waals surface area contributed by atoms with Crippen LogP contribution in [0, 0.1) is 6.92 Å². The quantitative estimate of drug-likeness (QED) is 0.796. The van der Waals surface area contributed by atoms with Crippen LogP contribution in [-0.2, 0) is 6.54 Å².